The van der Waals surface area contributed by atoms with Crippen molar-refractivity contribution in [2.45, 2.75) is 27.1 Å². The van der Waals surface area contributed by atoms with Crippen LogP contribution in [0.4, 0.5) is 0 Å². The van der Waals surface area contributed by atoms with Crippen LogP contribution in [0.1, 0.15) is 33.4 Å². The van der Waals surface area contributed by atoms with Crippen LogP contribution in [0.2, 0.25) is 0 Å². The van der Waals surface area contributed by atoms with E-state index in [0.717, 1.165) is 33.6 Å². The average Bonchev–Trinajstić information content (AvgIpc) is 2.86. The quantitative estimate of drug-likeness (QED) is 0.139. The van der Waals surface area contributed by atoms with Gasteiger partial charge in [0, 0.05) is 12.4 Å². The van der Waals surface area contributed by atoms with Gasteiger partial charge in [0.25, 0.3) is 0 Å². The molecule has 0 spiro atoms. The minimum atomic E-state index is -0.476. The molecular formula is C27H28N2O5. The number of carbonyl (C=O) groups excluding carboxylic acids is 1. The highest BCUT2D eigenvalue weighted by molar-refractivity contribution is 6.16. The molecule has 1 aromatic heterocycles. The minimum Gasteiger partial charge on any atom is -0.503 e. The molecule has 7 heteroatoms. The van der Waals surface area contributed by atoms with Crippen LogP contribution in [0.3, 0.4) is 0 Å². The molecule has 2 aromatic carbocycles. The average molecular weight is 461 g/mol. The highest BCUT2D eigenvalue weighted by Gasteiger charge is 2.17. The predicted octanol–water partition coefficient (Wildman–Crippen LogP) is 4.99. The number of aromatic nitrogens is 1. The number of methoxy groups -OCH3 is 2. The summed E-state index contributed by atoms with van der Waals surface area (Å²) in [4.78, 5) is 21.6. The molecule has 0 saturated heterocycles. The van der Waals surface area contributed by atoms with Crippen molar-refractivity contribution in [2.24, 2.45) is 5.16 Å². The van der Waals surface area contributed by atoms with Crippen molar-refractivity contribution in [1.82, 2.24) is 4.98 Å². The highest BCUT2D eigenvalue weighted by Crippen LogP contribution is 2.26. The van der Waals surface area contributed by atoms with E-state index >= 15 is 0 Å². The zero-order chi connectivity index (χ0) is 24.3. The van der Waals surface area contributed by atoms with Crippen molar-refractivity contribution in [3.8, 4) is 5.75 Å². The van der Waals surface area contributed by atoms with Crippen LogP contribution in [-0.2, 0) is 32.3 Å². The summed E-state index contributed by atoms with van der Waals surface area (Å²) < 4.78 is 16.1. The number of esters is 1. The van der Waals surface area contributed by atoms with Gasteiger partial charge in [-0.3, -0.25) is 4.98 Å². The summed E-state index contributed by atoms with van der Waals surface area (Å²) in [5.74, 6) is 0.272. The maximum absolute atomic E-state index is 12.2. The molecule has 0 aliphatic carbocycles. The van der Waals surface area contributed by atoms with Crippen LogP contribution >= 0.6 is 0 Å². The Balaban J connectivity index is 1.70. The Labute approximate surface area is 199 Å². The number of hydrogen-bond acceptors (Lipinski definition) is 7. The second-order valence-corrected chi connectivity index (χ2v) is 7.54. The molecule has 0 bridgehead atoms. The van der Waals surface area contributed by atoms with Gasteiger partial charge in [0.2, 0.25) is 0 Å². The molecule has 3 rings (SSSR count). The summed E-state index contributed by atoms with van der Waals surface area (Å²) in [7, 11) is 2.83. The van der Waals surface area contributed by atoms with E-state index in [0.29, 0.717) is 17.7 Å². The van der Waals surface area contributed by atoms with Gasteiger partial charge in [0.15, 0.2) is 0 Å². The Bertz CT molecular complexity index is 1170. The fraction of sp³-hybridized carbons (Fsp3) is 0.222. The van der Waals surface area contributed by atoms with Gasteiger partial charge in [-0.05, 0) is 71.5 Å². The van der Waals surface area contributed by atoms with Gasteiger partial charge in [-0.2, -0.15) is 0 Å². The highest BCUT2D eigenvalue weighted by atomic mass is 16.6. The SMILES string of the molecule is CO/C=C(\C(=O)OC)c1ccccc1COc1cc(C)c(/C=N/OCc2ccncc2)cc1C. The molecule has 0 fully saturated rings. The first-order valence-electron chi connectivity index (χ1n) is 10.7. The van der Waals surface area contributed by atoms with Crippen LogP contribution in [0.25, 0.3) is 5.57 Å². The number of benzene rings is 2. The Kier molecular flexibility index (Phi) is 8.80. The standard InChI is InChI=1S/C27H28N2O5/c1-19-14-26(20(2)13-23(19)15-29-34-16-21-9-11-28-12-10-21)33-17-22-7-5-6-8-24(22)25(18-31-3)27(30)32-4/h5-15,18H,16-17H2,1-4H3/b25-18-,29-15+. The Morgan fingerprint density at radius 2 is 1.76 bits per heavy atom. The van der Waals surface area contributed by atoms with Crippen LogP contribution in [0.15, 0.2) is 72.3 Å². The van der Waals surface area contributed by atoms with E-state index in [9.17, 15) is 4.79 Å². The number of nitrogens with zero attached hydrogens (tertiary/aromatic N) is 2. The first kappa shape index (κ1) is 24.5. The van der Waals surface area contributed by atoms with Gasteiger partial charge in [0.05, 0.1) is 26.7 Å². The smallest absolute Gasteiger partial charge is 0.341 e. The van der Waals surface area contributed by atoms with Crippen molar-refractivity contribution in [2.75, 3.05) is 14.2 Å². The monoisotopic (exact) mass is 460 g/mol. The van der Waals surface area contributed by atoms with E-state index < -0.39 is 5.97 Å². The number of pyridine rings is 1. The minimum absolute atomic E-state index is 0.275. The lowest BCUT2D eigenvalue weighted by Gasteiger charge is -2.15. The molecule has 0 aliphatic rings. The Hall–Kier alpha value is -4.13. The van der Waals surface area contributed by atoms with E-state index in [1.807, 2.05) is 62.4 Å². The zero-order valence-electron chi connectivity index (χ0n) is 19.8. The first-order valence-corrected chi connectivity index (χ1v) is 10.7. The molecule has 0 amide bonds. The van der Waals surface area contributed by atoms with Crippen molar-refractivity contribution in [3.63, 3.8) is 0 Å². The van der Waals surface area contributed by atoms with Crippen LogP contribution < -0.4 is 4.74 Å². The summed E-state index contributed by atoms with van der Waals surface area (Å²) in [6.07, 6.45) is 6.51. The van der Waals surface area contributed by atoms with Gasteiger partial charge in [0.1, 0.15) is 24.5 Å². The maximum atomic E-state index is 12.2. The Morgan fingerprint density at radius 3 is 2.50 bits per heavy atom. The van der Waals surface area contributed by atoms with Crippen LogP contribution in [-0.4, -0.2) is 31.4 Å². The second-order valence-electron chi connectivity index (χ2n) is 7.54. The topological polar surface area (TPSA) is 79.2 Å². The van der Waals surface area contributed by atoms with E-state index in [2.05, 4.69) is 10.1 Å². The van der Waals surface area contributed by atoms with E-state index in [-0.39, 0.29) is 6.61 Å². The lowest BCUT2D eigenvalue weighted by Crippen LogP contribution is -2.08. The molecule has 7 nitrogen and oxygen atoms in total. The normalized spacial score (nSPS) is 11.4. The number of oxime groups is 1. The van der Waals surface area contributed by atoms with Gasteiger partial charge in [-0.15, -0.1) is 0 Å². The first-order chi connectivity index (χ1) is 16.5. The molecule has 0 saturated carbocycles. The van der Waals surface area contributed by atoms with Crippen molar-refractivity contribution >= 4 is 17.8 Å². The predicted molar refractivity (Wildman–Crippen MR) is 130 cm³/mol. The summed E-state index contributed by atoms with van der Waals surface area (Å²) in [5, 5.41) is 4.09. The molecule has 176 valence electrons. The van der Waals surface area contributed by atoms with Gasteiger partial charge in [-0.25, -0.2) is 4.79 Å². The lowest BCUT2D eigenvalue weighted by molar-refractivity contribution is -0.133. The summed E-state index contributed by atoms with van der Waals surface area (Å²) in [6.45, 7) is 4.61. The third-order valence-corrected chi connectivity index (χ3v) is 5.14. The van der Waals surface area contributed by atoms with Crippen LogP contribution in [0, 0.1) is 13.8 Å². The van der Waals surface area contributed by atoms with Gasteiger partial charge in [-0.1, -0.05) is 29.4 Å². The van der Waals surface area contributed by atoms with E-state index in [4.69, 9.17) is 19.0 Å². The number of ether oxygens (including phenoxy) is 3. The fourth-order valence-corrected chi connectivity index (χ4v) is 3.31. The summed E-state index contributed by atoms with van der Waals surface area (Å²) in [5.41, 5.74) is 5.76. The molecule has 0 unspecified atom stereocenters. The van der Waals surface area contributed by atoms with Crippen molar-refractivity contribution in [1.29, 1.82) is 0 Å². The molecule has 34 heavy (non-hydrogen) atoms. The van der Waals surface area contributed by atoms with E-state index in [1.54, 1.807) is 18.6 Å². The molecule has 1 heterocycles. The number of aryl methyl sites for hydroxylation is 2. The zero-order valence-corrected chi connectivity index (χ0v) is 19.8. The molecular weight excluding hydrogens is 432 g/mol. The number of carbonyl (C=O) groups is 1. The summed E-state index contributed by atoms with van der Waals surface area (Å²) >= 11 is 0. The molecule has 0 radical (unpaired) electrons. The molecule has 3 aromatic rings. The molecule has 0 atom stereocenters. The maximum Gasteiger partial charge on any atom is 0.341 e. The summed E-state index contributed by atoms with van der Waals surface area (Å²) in [6, 6.07) is 15.2. The van der Waals surface area contributed by atoms with Gasteiger partial charge >= 0.3 is 5.97 Å². The largest absolute Gasteiger partial charge is 0.503 e. The fourth-order valence-electron chi connectivity index (χ4n) is 3.31. The molecule has 0 N–H and O–H groups in total. The van der Waals surface area contributed by atoms with Crippen molar-refractivity contribution in [3.05, 3.63) is 101 Å². The lowest BCUT2D eigenvalue weighted by atomic mass is 10.0. The number of rotatable bonds is 10. The third-order valence-electron chi connectivity index (χ3n) is 5.14. The second kappa shape index (κ2) is 12.2. The van der Waals surface area contributed by atoms with Crippen LogP contribution in [0.5, 0.6) is 5.75 Å². The van der Waals surface area contributed by atoms with Gasteiger partial charge < -0.3 is 19.0 Å². The van der Waals surface area contributed by atoms with E-state index in [1.165, 1.54) is 20.5 Å². The van der Waals surface area contributed by atoms with Crippen molar-refractivity contribution < 1.29 is 23.8 Å². The third kappa shape index (κ3) is 6.45. The Morgan fingerprint density at radius 1 is 1.00 bits per heavy atom. The number of hydrogen-bond donors (Lipinski definition) is 0. The molecule has 0 aliphatic heterocycles.